The van der Waals surface area contributed by atoms with Gasteiger partial charge < -0.3 is 19.5 Å². The lowest BCUT2D eigenvalue weighted by Crippen LogP contribution is -2.28. The standard InChI is InChI=1S/C11H18ClN3O4/c1-17-5-4-15-11(16)10(12)8(6-14-15)13-7-9(18-2)19-3/h6,9,13H,4-5,7H2,1-3H3. The van der Waals surface area contributed by atoms with Crippen molar-refractivity contribution in [3.8, 4) is 0 Å². The Bertz CT molecular complexity index is 448. The molecule has 1 N–H and O–H groups in total. The lowest BCUT2D eigenvalue weighted by atomic mass is 10.4. The molecule has 0 aliphatic carbocycles. The molecular weight excluding hydrogens is 274 g/mol. The van der Waals surface area contributed by atoms with Crippen LogP contribution >= 0.6 is 11.6 Å². The zero-order chi connectivity index (χ0) is 14.3. The topological polar surface area (TPSA) is 74.6 Å². The van der Waals surface area contributed by atoms with Gasteiger partial charge >= 0.3 is 0 Å². The molecule has 0 fully saturated rings. The maximum Gasteiger partial charge on any atom is 0.287 e. The Morgan fingerprint density at radius 1 is 1.42 bits per heavy atom. The lowest BCUT2D eigenvalue weighted by Gasteiger charge is -2.15. The van der Waals surface area contributed by atoms with Gasteiger partial charge in [0.25, 0.3) is 5.56 Å². The molecule has 0 aliphatic heterocycles. The van der Waals surface area contributed by atoms with Crippen LogP contribution in [0.2, 0.25) is 5.02 Å². The first-order chi connectivity index (χ1) is 9.13. The number of aromatic nitrogens is 2. The van der Waals surface area contributed by atoms with E-state index in [4.69, 9.17) is 25.8 Å². The third-order valence-corrected chi connectivity index (χ3v) is 2.84. The molecule has 19 heavy (non-hydrogen) atoms. The number of nitrogens with zero attached hydrogens (tertiary/aromatic N) is 2. The van der Waals surface area contributed by atoms with Gasteiger partial charge in [0.15, 0.2) is 6.29 Å². The van der Waals surface area contributed by atoms with Crippen LogP contribution in [0.1, 0.15) is 0 Å². The number of hydrogen-bond acceptors (Lipinski definition) is 6. The predicted molar refractivity (Wildman–Crippen MR) is 71.7 cm³/mol. The molecule has 0 radical (unpaired) electrons. The van der Waals surface area contributed by atoms with Crippen molar-refractivity contribution >= 4 is 17.3 Å². The summed E-state index contributed by atoms with van der Waals surface area (Å²) in [6.45, 7) is 1.11. The fourth-order valence-corrected chi connectivity index (χ4v) is 1.59. The van der Waals surface area contributed by atoms with Gasteiger partial charge in [-0.05, 0) is 0 Å². The molecule has 0 saturated heterocycles. The van der Waals surface area contributed by atoms with Gasteiger partial charge in [0, 0.05) is 21.3 Å². The minimum Gasteiger partial charge on any atom is -0.383 e. The molecule has 1 aromatic heterocycles. The van der Waals surface area contributed by atoms with E-state index in [1.807, 2.05) is 0 Å². The molecular formula is C11H18ClN3O4. The Morgan fingerprint density at radius 3 is 2.68 bits per heavy atom. The van der Waals surface area contributed by atoms with Gasteiger partial charge in [-0.25, -0.2) is 4.68 Å². The van der Waals surface area contributed by atoms with E-state index < -0.39 is 6.29 Å². The molecule has 1 aromatic rings. The normalized spacial score (nSPS) is 11.0. The molecule has 0 saturated carbocycles. The van der Waals surface area contributed by atoms with Gasteiger partial charge in [0.1, 0.15) is 5.02 Å². The predicted octanol–water partition coefficient (Wildman–Crippen LogP) is 0.574. The Kier molecular flexibility index (Phi) is 6.79. The largest absolute Gasteiger partial charge is 0.383 e. The van der Waals surface area contributed by atoms with Crippen LogP contribution in [-0.2, 0) is 20.8 Å². The number of ether oxygens (including phenoxy) is 3. The SMILES string of the molecule is COCCn1ncc(NCC(OC)OC)c(Cl)c1=O. The first kappa shape index (κ1) is 15.9. The van der Waals surface area contributed by atoms with E-state index in [9.17, 15) is 4.79 Å². The van der Waals surface area contributed by atoms with Gasteiger partial charge in [0.2, 0.25) is 0 Å². The second-order valence-corrected chi connectivity index (χ2v) is 4.05. The Hall–Kier alpha value is -1.15. The Labute approximate surface area is 116 Å². The average Bonchev–Trinajstić information content (AvgIpc) is 2.43. The Morgan fingerprint density at radius 2 is 2.11 bits per heavy atom. The van der Waals surface area contributed by atoms with E-state index in [2.05, 4.69) is 10.4 Å². The Balaban J connectivity index is 2.76. The maximum atomic E-state index is 11.9. The molecule has 0 aliphatic rings. The number of halogens is 1. The summed E-state index contributed by atoms with van der Waals surface area (Å²) in [5.74, 6) is 0. The first-order valence-corrected chi connectivity index (χ1v) is 6.05. The highest BCUT2D eigenvalue weighted by Crippen LogP contribution is 2.15. The highest BCUT2D eigenvalue weighted by Gasteiger charge is 2.11. The fourth-order valence-electron chi connectivity index (χ4n) is 1.38. The zero-order valence-electron chi connectivity index (χ0n) is 11.2. The van der Waals surface area contributed by atoms with E-state index in [1.54, 1.807) is 7.11 Å². The molecule has 0 amide bonds. The summed E-state index contributed by atoms with van der Waals surface area (Å²) in [5, 5.41) is 7.03. The molecule has 0 aromatic carbocycles. The molecule has 7 nitrogen and oxygen atoms in total. The minimum absolute atomic E-state index is 0.0806. The van der Waals surface area contributed by atoms with Crippen molar-refractivity contribution in [1.29, 1.82) is 0 Å². The first-order valence-electron chi connectivity index (χ1n) is 5.68. The van der Waals surface area contributed by atoms with Crippen molar-refractivity contribution in [1.82, 2.24) is 9.78 Å². The van der Waals surface area contributed by atoms with Gasteiger partial charge in [-0.3, -0.25) is 4.79 Å². The number of hydrogen-bond donors (Lipinski definition) is 1. The summed E-state index contributed by atoms with van der Waals surface area (Å²) in [6, 6.07) is 0. The van der Waals surface area contributed by atoms with Crippen LogP contribution < -0.4 is 10.9 Å². The second kappa shape index (κ2) is 8.11. The van der Waals surface area contributed by atoms with Crippen LogP contribution in [0, 0.1) is 0 Å². The van der Waals surface area contributed by atoms with Crippen molar-refractivity contribution < 1.29 is 14.2 Å². The third-order valence-electron chi connectivity index (χ3n) is 2.48. The summed E-state index contributed by atoms with van der Waals surface area (Å²) in [7, 11) is 4.61. The lowest BCUT2D eigenvalue weighted by molar-refractivity contribution is -0.0914. The summed E-state index contributed by atoms with van der Waals surface area (Å²) < 4.78 is 16.2. The van der Waals surface area contributed by atoms with E-state index in [-0.39, 0.29) is 10.6 Å². The van der Waals surface area contributed by atoms with E-state index in [0.29, 0.717) is 25.4 Å². The minimum atomic E-state index is -0.424. The monoisotopic (exact) mass is 291 g/mol. The van der Waals surface area contributed by atoms with Gasteiger partial charge in [0.05, 0.1) is 31.6 Å². The van der Waals surface area contributed by atoms with Crippen molar-refractivity contribution in [3.05, 3.63) is 21.6 Å². The van der Waals surface area contributed by atoms with Crippen LogP contribution in [0.3, 0.4) is 0 Å². The van der Waals surface area contributed by atoms with Crippen LogP contribution in [-0.4, -0.2) is 50.6 Å². The molecule has 0 unspecified atom stereocenters. The smallest absolute Gasteiger partial charge is 0.287 e. The van der Waals surface area contributed by atoms with Crippen LogP contribution in [0.25, 0.3) is 0 Å². The van der Waals surface area contributed by atoms with E-state index >= 15 is 0 Å². The van der Waals surface area contributed by atoms with Crippen molar-refractivity contribution in [2.75, 3.05) is 39.8 Å². The molecule has 1 rings (SSSR count). The molecule has 108 valence electrons. The summed E-state index contributed by atoms with van der Waals surface area (Å²) in [5.41, 5.74) is 0.0783. The van der Waals surface area contributed by atoms with Crippen molar-refractivity contribution in [2.24, 2.45) is 0 Å². The summed E-state index contributed by atoms with van der Waals surface area (Å²) in [4.78, 5) is 11.9. The third kappa shape index (κ3) is 4.46. The zero-order valence-corrected chi connectivity index (χ0v) is 11.9. The van der Waals surface area contributed by atoms with Crippen LogP contribution in [0.4, 0.5) is 5.69 Å². The van der Waals surface area contributed by atoms with Crippen molar-refractivity contribution in [3.63, 3.8) is 0 Å². The number of nitrogens with one attached hydrogen (secondary N) is 1. The van der Waals surface area contributed by atoms with Gasteiger partial charge in [-0.15, -0.1) is 0 Å². The van der Waals surface area contributed by atoms with Crippen molar-refractivity contribution in [2.45, 2.75) is 12.8 Å². The van der Waals surface area contributed by atoms with Gasteiger partial charge in [-0.1, -0.05) is 11.6 Å². The molecule has 1 heterocycles. The highest BCUT2D eigenvalue weighted by atomic mass is 35.5. The van der Waals surface area contributed by atoms with E-state index in [1.165, 1.54) is 25.1 Å². The van der Waals surface area contributed by atoms with Gasteiger partial charge in [-0.2, -0.15) is 5.10 Å². The second-order valence-electron chi connectivity index (χ2n) is 3.68. The maximum absolute atomic E-state index is 11.9. The summed E-state index contributed by atoms with van der Waals surface area (Å²) >= 11 is 5.99. The van der Waals surface area contributed by atoms with Crippen LogP contribution in [0.15, 0.2) is 11.0 Å². The van der Waals surface area contributed by atoms with E-state index in [0.717, 1.165) is 0 Å². The number of methoxy groups -OCH3 is 3. The highest BCUT2D eigenvalue weighted by molar-refractivity contribution is 6.32. The quantitative estimate of drug-likeness (QED) is 0.706. The number of anilines is 1. The molecule has 0 bridgehead atoms. The molecule has 0 atom stereocenters. The summed E-state index contributed by atoms with van der Waals surface area (Å²) in [6.07, 6.45) is 1.06. The molecule has 0 spiro atoms. The van der Waals surface area contributed by atoms with Crippen LogP contribution in [0.5, 0.6) is 0 Å². The fraction of sp³-hybridized carbons (Fsp3) is 0.636. The average molecular weight is 292 g/mol. The number of rotatable bonds is 8. The molecule has 8 heteroatoms.